The average Bonchev–Trinajstić information content (AvgIpc) is 2.94. The standard InChI is InChI=1S/C10H11N5O2S/c16-10(17)8-5-15(13-12-8)7-3-14(4-7)6-9-11-1-2-18-9/h1-2,5,7H,3-4,6H2,(H,16,17). The second-order valence-corrected chi connectivity index (χ2v) is 5.14. The van der Waals surface area contributed by atoms with Gasteiger partial charge in [0.15, 0.2) is 5.69 Å². The SMILES string of the molecule is O=C(O)c1cn(C2CN(Cc3nccs3)C2)nn1. The van der Waals surface area contributed by atoms with Crippen LogP contribution in [-0.2, 0) is 6.54 Å². The van der Waals surface area contributed by atoms with Crippen molar-refractivity contribution in [1.82, 2.24) is 24.9 Å². The van der Waals surface area contributed by atoms with Gasteiger partial charge in [-0.1, -0.05) is 5.21 Å². The van der Waals surface area contributed by atoms with E-state index in [1.54, 1.807) is 22.2 Å². The molecule has 1 saturated heterocycles. The normalized spacial score (nSPS) is 16.7. The van der Waals surface area contributed by atoms with E-state index in [1.165, 1.54) is 6.20 Å². The number of carbonyl (C=O) groups is 1. The van der Waals surface area contributed by atoms with Crippen molar-refractivity contribution in [2.75, 3.05) is 13.1 Å². The average molecular weight is 265 g/mol. The first-order valence-corrected chi connectivity index (χ1v) is 6.36. The largest absolute Gasteiger partial charge is 0.476 e. The lowest BCUT2D eigenvalue weighted by Gasteiger charge is -2.38. The van der Waals surface area contributed by atoms with Gasteiger partial charge in [0.1, 0.15) is 5.01 Å². The van der Waals surface area contributed by atoms with Crippen LogP contribution in [0.25, 0.3) is 0 Å². The summed E-state index contributed by atoms with van der Waals surface area (Å²) in [6, 6.07) is 0.213. The van der Waals surface area contributed by atoms with Crippen molar-refractivity contribution in [2.45, 2.75) is 12.6 Å². The van der Waals surface area contributed by atoms with Crippen LogP contribution in [0.5, 0.6) is 0 Å². The van der Waals surface area contributed by atoms with Crippen LogP contribution >= 0.6 is 11.3 Å². The maximum atomic E-state index is 10.7. The molecule has 0 unspecified atom stereocenters. The molecule has 3 heterocycles. The highest BCUT2D eigenvalue weighted by Gasteiger charge is 2.30. The molecule has 0 amide bonds. The fourth-order valence-corrected chi connectivity index (χ4v) is 2.57. The molecule has 0 radical (unpaired) electrons. The maximum absolute atomic E-state index is 10.7. The zero-order chi connectivity index (χ0) is 12.5. The van der Waals surface area contributed by atoms with Gasteiger partial charge in [0, 0.05) is 24.7 Å². The monoisotopic (exact) mass is 265 g/mol. The lowest BCUT2D eigenvalue weighted by atomic mass is 10.1. The Morgan fingerprint density at radius 2 is 2.39 bits per heavy atom. The number of hydrogen-bond donors (Lipinski definition) is 1. The number of carboxylic acid groups (broad SMARTS) is 1. The number of rotatable bonds is 4. The Hall–Kier alpha value is -1.80. The van der Waals surface area contributed by atoms with Gasteiger partial charge in [0.05, 0.1) is 18.8 Å². The van der Waals surface area contributed by atoms with Crippen molar-refractivity contribution in [1.29, 1.82) is 0 Å². The third-order valence-electron chi connectivity index (χ3n) is 2.88. The van der Waals surface area contributed by atoms with Gasteiger partial charge in [-0.25, -0.2) is 14.5 Å². The summed E-state index contributed by atoms with van der Waals surface area (Å²) >= 11 is 1.64. The van der Waals surface area contributed by atoms with Gasteiger partial charge in [0.25, 0.3) is 0 Å². The number of aromatic carboxylic acids is 1. The van der Waals surface area contributed by atoms with E-state index in [2.05, 4.69) is 20.2 Å². The van der Waals surface area contributed by atoms with E-state index in [4.69, 9.17) is 5.11 Å². The number of hydrogen-bond acceptors (Lipinski definition) is 6. The van der Waals surface area contributed by atoms with Gasteiger partial charge in [-0.05, 0) is 0 Å². The van der Waals surface area contributed by atoms with Crippen LogP contribution < -0.4 is 0 Å². The summed E-state index contributed by atoms with van der Waals surface area (Å²) in [6.45, 7) is 2.54. The van der Waals surface area contributed by atoms with Gasteiger partial charge >= 0.3 is 5.97 Å². The van der Waals surface area contributed by atoms with E-state index in [9.17, 15) is 4.79 Å². The minimum atomic E-state index is -1.04. The molecular weight excluding hydrogens is 254 g/mol. The summed E-state index contributed by atoms with van der Waals surface area (Å²) in [7, 11) is 0. The van der Waals surface area contributed by atoms with E-state index >= 15 is 0 Å². The molecule has 94 valence electrons. The Morgan fingerprint density at radius 1 is 1.56 bits per heavy atom. The summed E-state index contributed by atoms with van der Waals surface area (Å²) in [5, 5.41) is 19.3. The maximum Gasteiger partial charge on any atom is 0.358 e. The van der Waals surface area contributed by atoms with Gasteiger partial charge in [-0.2, -0.15) is 0 Å². The summed E-state index contributed by atoms with van der Waals surface area (Å²) < 4.78 is 1.63. The highest BCUT2D eigenvalue weighted by atomic mass is 32.1. The van der Waals surface area contributed by atoms with Crippen LogP contribution in [0.1, 0.15) is 21.5 Å². The van der Waals surface area contributed by atoms with Gasteiger partial charge < -0.3 is 5.11 Å². The third-order valence-corrected chi connectivity index (χ3v) is 3.65. The molecule has 0 spiro atoms. The number of nitrogens with zero attached hydrogens (tertiary/aromatic N) is 5. The van der Waals surface area contributed by atoms with Crippen LogP contribution in [0, 0.1) is 0 Å². The van der Waals surface area contributed by atoms with Crippen LogP contribution in [0.3, 0.4) is 0 Å². The molecule has 1 aliphatic heterocycles. The predicted molar refractivity (Wildman–Crippen MR) is 63.4 cm³/mol. The fourth-order valence-electron chi connectivity index (χ4n) is 1.91. The van der Waals surface area contributed by atoms with Crippen LogP contribution in [0.2, 0.25) is 0 Å². The zero-order valence-corrected chi connectivity index (χ0v) is 10.2. The smallest absolute Gasteiger partial charge is 0.358 e. The van der Waals surface area contributed by atoms with Crippen molar-refractivity contribution in [3.8, 4) is 0 Å². The molecule has 2 aromatic rings. The quantitative estimate of drug-likeness (QED) is 0.866. The molecule has 1 N–H and O–H groups in total. The van der Waals surface area contributed by atoms with E-state index in [0.29, 0.717) is 0 Å². The molecule has 0 atom stereocenters. The number of thiazole rings is 1. The van der Waals surface area contributed by atoms with E-state index in [1.807, 2.05) is 5.38 Å². The number of likely N-dealkylation sites (tertiary alicyclic amines) is 1. The molecule has 0 aliphatic carbocycles. The Morgan fingerprint density at radius 3 is 3.00 bits per heavy atom. The summed E-state index contributed by atoms with van der Waals surface area (Å²) in [6.07, 6.45) is 3.28. The van der Waals surface area contributed by atoms with Gasteiger partial charge in [0.2, 0.25) is 0 Å². The Kier molecular flexibility index (Phi) is 2.80. The van der Waals surface area contributed by atoms with Gasteiger partial charge in [-0.15, -0.1) is 16.4 Å². The third kappa shape index (κ3) is 2.12. The van der Waals surface area contributed by atoms with Crippen molar-refractivity contribution in [2.24, 2.45) is 0 Å². The fraction of sp³-hybridized carbons (Fsp3) is 0.400. The highest BCUT2D eigenvalue weighted by Crippen LogP contribution is 2.22. The molecule has 1 fully saturated rings. The topological polar surface area (TPSA) is 84.1 Å². The van der Waals surface area contributed by atoms with E-state index in [0.717, 1.165) is 24.6 Å². The van der Waals surface area contributed by atoms with Crippen molar-refractivity contribution in [3.05, 3.63) is 28.5 Å². The first kappa shape index (κ1) is 11.3. The molecule has 7 nitrogen and oxygen atoms in total. The first-order valence-electron chi connectivity index (χ1n) is 5.48. The van der Waals surface area contributed by atoms with Crippen LogP contribution in [-0.4, -0.2) is 49.0 Å². The Balaban J connectivity index is 1.56. The zero-order valence-electron chi connectivity index (χ0n) is 9.43. The van der Waals surface area contributed by atoms with E-state index < -0.39 is 5.97 Å². The summed E-state index contributed by atoms with van der Waals surface area (Å²) in [5.41, 5.74) is -0.00614. The second kappa shape index (κ2) is 4.46. The van der Waals surface area contributed by atoms with Crippen LogP contribution in [0.15, 0.2) is 17.8 Å². The lowest BCUT2D eigenvalue weighted by molar-refractivity contribution is 0.0690. The molecular formula is C10H11N5O2S. The molecule has 0 saturated carbocycles. The molecule has 0 aromatic carbocycles. The Labute approximate surface area is 107 Å². The minimum Gasteiger partial charge on any atom is -0.476 e. The highest BCUT2D eigenvalue weighted by molar-refractivity contribution is 7.09. The molecule has 18 heavy (non-hydrogen) atoms. The minimum absolute atomic E-state index is 0.00614. The molecule has 0 bridgehead atoms. The first-order chi connectivity index (χ1) is 8.72. The summed E-state index contributed by atoms with van der Waals surface area (Å²) in [4.78, 5) is 17.2. The Bertz CT molecular complexity index is 546. The van der Waals surface area contributed by atoms with Crippen molar-refractivity contribution in [3.63, 3.8) is 0 Å². The molecule has 1 aliphatic rings. The second-order valence-electron chi connectivity index (χ2n) is 4.16. The molecule has 8 heteroatoms. The van der Waals surface area contributed by atoms with Crippen molar-refractivity contribution < 1.29 is 9.90 Å². The predicted octanol–water partition coefficient (Wildman–Crippen LogP) is 0.490. The van der Waals surface area contributed by atoms with Crippen molar-refractivity contribution >= 4 is 17.3 Å². The van der Waals surface area contributed by atoms with E-state index in [-0.39, 0.29) is 11.7 Å². The number of aromatic nitrogens is 4. The summed E-state index contributed by atoms with van der Waals surface area (Å²) in [5.74, 6) is -1.04. The lowest BCUT2D eigenvalue weighted by Crippen LogP contribution is -2.47. The van der Waals surface area contributed by atoms with Crippen LogP contribution in [0.4, 0.5) is 0 Å². The molecule has 2 aromatic heterocycles. The molecule has 3 rings (SSSR count). The van der Waals surface area contributed by atoms with Gasteiger partial charge in [-0.3, -0.25) is 4.90 Å². The number of carboxylic acids is 1.